The van der Waals surface area contributed by atoms with Gasteiger partial charge in [0.2, 0.25) is 0 Å². The van der Waals surface area contributed by atoms with Gasteiger partial charge in [-0.05, 0) is 62.1 Å². The zero-order valence-corrected chi connectivity index (χ0v) is 13.1. The summed E-state index contributed by atoms with van der Waals surface area (Å²) in [6.07, 6.45) is 0.866. The van der Waals surface area contributed by atoms with E-state index in [0.717, 1.165) is 44.0 Å². The largest absolute Gasteiger partial charge is 0.336 e. The predicted octanol–water partition coefficient (Wildman–Crippen LogP) is 4.91. The van der Waals surface area contributed by atoms with E-state index in [2.05, 4.69) is 34.1 Å². The molecule has 1 aliphatic heterocycles. The lowest BCUT2D eigenvalue weighted by atomic mass is 9.99. The maximum absolute atomic E-state index is 10.9. The van der Waals surface area contributed by atoms with Gasteiger partial charge >= 0.3 is 0 Å². The van der Waals surface area contributed by atoms with Crippen LogP contribution in [0.2, 0.25) is 0 Å². The minimum absolute atomic E-state index is 0.456. The number of carbonyl (C=O) groups is 1. The molecule has 0 fully saturated rings. The van der Waals surface area contributed by atoms with Crippen LogP contribution in [0.1, 0.15) is 15.9 Å². The molecule has 0 aromatic heterocycles. The van der Waals surface area contributed by atoms with Crippen LogP contribution in [0.15, 0.2) is 53.0 Å². The number of rotatable bonds is 2. The summed E-state index contributed by atoms with van der Waals surface area (Å²) in [5.74, 6) is 0.750. The van der Waals surface area contributed by atoms with E-state index in [4.69, 9.17) is 9.78 Å². The first-order valence-corrected chi connectivity index (χ1v) is 7.65. The zero-order valence-electron chi connectivity index (χ0n) is 11.5. The van der Waals surface area contributed by atoms with Crippen molar-refractivity contribution in [3.8, 4) is 16.9 Å². The monoisotopic (exact) mass is 354 g/mol. The molecule has 0 spiro atoms. The van der Waals surface area contributed by atoms with Crippen molar-refractivity contribution in [2.45, 2.75) is 6.61 Å². The van der Waals surface area contributed by atoms with Crippen LogP contribution < -0.4 is 4.89 Å². The van der Waals surface area contributed by atoms with Gasteiger partial charge in [0, 0.05) is 11.1 Å². The van der Waals surface area contributed by atoms with Gasteiger partial charge in [-0.2, -0.15) is 4.89 Å². The molecule has 0 atom stereocenters. The molecule has 1 heterocycles. The van der Waals surface area contributed by atoms with Crippen LogP contribution in [-0.4, -0.2) is 6.29 Å². The Labute approximate surface area is 135 Å². The second-order valence-electron chi connectivity index (χ2n) is 5.23. The highest BCUT2D eigenvalue weighted by Gasteiger charge is 2.18. The molecule has 108 valence electrons. The van der Waals surface area contributed by atoms with Crippen LogP contribution in [0.4, 0.5) is 0 Å². The van der Waals surface area contributed by atoms with E-state index >= 15 is 0 Å². The zero-order chi connectivity index (χ0) is 15.1. The molecule has 0 bridgehead atoms. The molecule has 0 amide bonds. The Morgan fingerprint density at radius 1 is 0.955 bits per heavy atom. The van der Waals surface area contributed by atoms with Crippen molar-refractivity contribution in [1.29, 1.82) is 0 Å². The summed E-state index contributed by atoms with van der Waals surface area (Å²) in [6.45, 7) is 0.456. The molecular weight excluding hydrogens is 344 g/mol. The molecule has 3 aromatic rings. The number of hydrogen-bond acceptors (Lipinski definition) is 3. The van der Waals surface area contributed by atoms with E-state index in [1.54, 1.807) is 0 Å². The summed E-state index contributed by atoms with van der Waals surface area (Å²) < 4.78 is 0.883. The van der Waals surface area contributed by atoms with Crippen LogP contribution in [0.5, 0.6) is 5.75 Å². The first-order valence-electron chi connectivity index (χ1n) is 6.86. The molecule has 4 heteroatoms. The quantitative estimate of drug-likeness (QED) is 0.484. The normalized spacial score (nSPS) is 13.0. The summed E-state index contributed by atoms with van der Waals surface area (Å²) in [4.78, 5) is 21.0. The Morgan fingerprint density at radius 2 is 1.77 bits per heavy atom. The minimum Gasteiger partial charge on any atom is -0.336 e. The lowest BCUT2D eigenvalue weighted by molar-refractivity contribution is -0.195. The van der Waals surface area contributed by atoms with Gasteiger partial charge in [-0.1, -0.05) is 24.3 Å². The standard InChI is InChI=1S/C18H11BrO3/c19-17-8-15(7-16-10-21-22-18(16)17)14-4-3-12-5-11(9-20)1-2-13(12)6-14/h1-9H,10H2. The highest BCUT2D eigenvalue weighted by atomic mass is 79.9. The van der Waals surface area contributed by atoms with Crippen molar-refractivity contribution in [3.63, 3.8) is 0 Å². The molecule has 0 radical (unpaired) electrons. The van der Waals surface area contributed by atoms with Crippen molar-refractivity contribution in [1.82, 2.24) is 0 Å². The van der Waals surface area contributed by atoms with Gasteiger partial charge in [0.05, 0.1) is 4.47 Å². The Kier molecular flexibility index (Phi) is 3.21. The maximum atomic E-state index is 10.9. The van der Waals surface area contributed by atoms with E-state index in [-0.39, 0.29) is 0 Å². The van der Waals surface area contributed by atoms with Crippen molar-refractivity contribution >= 4 is 33.0 Å². The predicted molar refractivity (Wildman–Crippen MR) is 87.9 cm³/mol. The third kappa shape index (κ3) is 2.21. The van der Waals surface area contributed by atoms with Crippen LogP contribution >= 0.6 is 15.9 Å². The van der Waals surface area contributed by atoms with Crippen LogP contribution in [0.3, 0.4) is 0 Å². The minimum atomic E-state index is 0.456. The summed E-state index contributed by atoms with van der Waals surface area (Å²) in [5.41, 5.74) is 3.93. The number of halogens is 1. The molecule has 3 nitrogen and oxygen atoms in total. The van der Waals surface area contributed by atoms with E-state index in [9.17, 15) is 4.79 Å². The number of hydrogen-bond donors (Lipinski definition) is 0. The van der Waals surface area contributed by atoms with Crippen molar-refractivity contribution in [2.75, 3.05) is 0 Å². The Bertz CT molecular complexity index is 902. The first-order chi connectivity index (χ1) is 10.7. The Morgan fingerprint density at radius 3 is 2.64 bits per heavy atom. The first kappa shape index (κ1) is 13.5. The van der Waals surface area contributed by atoms with Gasteiger partial charge in [0.1, 0.15) is 12.9 Å². The van der Waals surface area contributed by atoms with Gasteiger partial charge in [-0.25, -0.2) is 0 Å². The summed E-state index contributed by atoms with van der Waals surface area (Å²) >= 11 is 3.52. The average molecular weight is 355 g/mol. The van der Waals surface area contributed by atoms with E-state index in [0.29, 0.717) is 12.2 Å². The molecule has 0 N–H and O–H groups in total. The number of benzene rings is 3. The van der Waals surface area contributed by atoms with Gasteiger partial charge in [0.15, 0.2) is 5.75 Å². The smallest absolute Gasteiger partial charge is 0.185 e. The van der Waals surface area contributed by atoms with Gasteiger partial charge in [0.25, 0.3) is 0 Å². The van der Waals surface area contributed by atoms with Crippen molar-refractivity contribution in [3.05, 3.63) is 64.1 Å². The van der Waals surface area contributed by atoms with E-state index < -0.39 is 0 Å². The maximum Gasteiger partial charge on any atom is 0.185 e. The molecule has 1 aliphatic rings. The Balaban J connectivity index is 1.84. The fraction of sp³-hybridized carbons (Fsp3) is 0.0556. The molecule has 3 aromatic carbocycles. The number of aldehydes is 1. The van der Waals surface area contributed by atoms with Gasteiger partial charge in [-0.15, -0.1) is 0 Å². The third-order valence-electron chi connectivity index (χ3n) is 3.81. The fourth-order valence-electron chi connectivity index (χ4n) is 2.69. The second-order valence-corrected chi connectivity index (χ2v) is 6.09. The van der Waals surface area contributed by atoms with Gasteiger partial charge < -0.3 is 4.89 Å². The number of carbonyl (C=O) groups excluding carboxylic acids is 1. The lowest BCUT2D eigenvalue weighted by Crippen LogP contribution is -1.85. The average Bonchev–Trinajstić information content (AvgIpc) is 3.03. The second kappa shape index (κ2) is 5.23. The van der Waals surface area contributed by atoms with Gasteiger partial charge in [-0.3, -0.25) is 4.79 Å². The molecular formula is C18H11BrO3. The fourth-order valence-corrected chi connectivity index (χ4v) is 3.25. The molecule has 4 rings (SSSR count). The number of fused-ring (bicyclic) bond motifs is 2. The van der Waals surface area contributed by atoms with E-state index in [1.807, 2.05) is 30.3 Å². The SMILES string of the molecule is O=Cc1ccc2cc(-c3cc(Br)c4c(c3)COO4)ccc2c1. The molecule has 0 aliphatic carbocycles. The topological polar surface area (TPSA) is 35.5 Å². The molecule has 0 unspecified atom stereocenters. The van der Waals surface area contributed by atoms with Crippen LogP contribution in [0.25, 0.3) is 21.9 Å². The molecule has 0 saturated carbocycles. The third-order valence-corrected chi connectivity index (χ3v) is 4.40. The molecule has 0 saturated heterocycles. The summed E-state index contributed by atoms with van der Waals surface area (Å²) in [6, 6.07) is 16.0. The Hall–Kier alpha value is -2.17. The summed E-state index contributed by atoms with van der Waals surface area (Å²) in [7, 11) is 0. The van der Waals surface area contributed by atoms with Crippen LogP contribution in [0, 0.1) is 0 Å². The van der Waals surface area contributed by atoms with Crippen molar-refractivity contribution < 1.29 is 14.6 Å². The highest BCUT2D eigenvalue weighted by molar-refractivity contribution is 9.10. The van der Waals surface area contributed by atoms with Crippen LogP contribution in [-0.2, 0) is 11.5 Å². The lowest BCUT2D eigenvalue weighted by Gasteiger charge is -2.07. The van der Waals surface area contributed by atoms with E-state index in [1.165, 1.54) is 0 Å². The van der Waals surface area contributed by atoms with Crippen molar-refractivity contribution in [2.24, 2.45) is 0 Å². The molecule has 22 heavy (non-hydrogen) atoms. The highest BCUT2D eigenvalue weighted by Crippen LogP contribution is 2.38. The summed E-state index contributed by atoms with van der Waals surface area (Å²) in [5, 5.41) is 2.16.